The fraction of sp³-hybridized carbons (Fsp3) is 0.0714. The number of nitrogens with zero attached hydrogens (tertiary/aromatic N) is 2. The van der Waals surface area contributed by atoms with Crippen LogP contribution in [-0.4, -0.2) is 9.55 Å². The van der Waals surface area contributed by atoms with E-state index in [1.165, 1.54) is 0 Å². The average molecular weight is 223 g/mol. The lowest BCUT2D eigenvalue weighted by Crippen LogP contribution is -2.01. The van der Waals surface area contributed by atoms with Crippen molar-refractivity contribution in [3.63, 3.8) is 0 Å². The van der Waals surface area contributed by atoms with Crippen molar-refractivity contribution in [3.8, 4) is 0 Å². The third-order valence-electron chi connectivity index (χ3n) is 2.92. The second-order valence-corrected chi connectivity index (χ2v) is 4.06. The third kappa shape index (κ3) is 1.76. The van der Waals surface area contributed by atoms with E-state index in [1.807, 2.05) is 48.8 Å². The molecular weight excluding hydrogens is 210 g/mol. The van der Waals surface area contributed by atoms with Crippen molar-refractivity contribution in [2.75, 3.05) is 5.73 Å². The molecule has 1 heterocycles. The van der Waals surface area contributed by atoms with Gasteiger partial charge in [-0.15, -0.1) is 0 Å². The lowest BCUT2D eigenvalue weighted by Gasteiger charge is -2.07. The molecule has 1 aromatic heterocycles. The average Bonchev–Trinajstić information content (AvgIpc) is 2.76. The predicted octanol–water partition coefficient (Wildman–Crippen LogP) is 2.67. The summed E-state index contributed by atoms with van der Waals surface area (Å²) in [6, 6.07) is 16.0. The number of nitrogens with two attached hydrogens (primary N) is 1. The number of rotatable bonds is 2. The number of benzene rings is 2. The van der Waals surface area contributed by atoms with Gasteiger partial charge in [-0.05, 0) is 23.8 Å². The standard InChI is InChI=1S/C14H13N3/c15-12-6-2-1-5-11(12)9-17-10-16-13-7-3-4-8-14(13)17/h1-8,10H,9,15H2. The van der Waals surface area contributed by atoms with Gasteiger partial charge in [-0.25, -0.2) is 4.98 Å². The Hall–Kier alpha value is -2.29. The van der Waals surface area contributed by atoms with Crippen molar-refractivity contribution in [2.24, 2.45) is 0 Å². The number of anilines is 1. The monoisotopic (exact) mass is 223 g/mol. The Labute approximate surface area is 99.5 Å². The van der Waals surface area contributed by atoms with Crippen LogP contribution in [0.25, 0.3) is 11.0 Å². The Bertz CT molecular complexity index is 655. The maximum absolute atomic E-state index is 5.95. The molecule has 0 atom stereocenters. The van der Waals surface area contributed by atoms with Gasteiger partial charge in [0.15, 0.2) is 0 Å². The highest BCUT2D eigenvalue weighted by Gasteiger charge is 2.03. The van der Waals surface area contributed by atoms with E-state index in [9.17, 15) is 0 Å². The van der Waals surface area contributed by atoms with E-state index in [0.717, 1.165) is 28.8 Å². The Balaban J connectivity index is 2.03. The normalized spacial score (nSPS) is 10.8. The number of aromatic nitrogens is 2. The van der Waals surface area contributed by atoms with Crippen LogP contribution in [0.2, 0.25) is 0 Å². The first-order valence-electron chi connectivity index (χ1n) is 5.58. The minimum Gasteiger partial charge on any atom is -0.398 e. The van der Waals surface area contributed by atoms with E-state index in [2.05, 4.69) is 15.6 Å². The summed E-state index contributed by atoms with van der Waals surface area (Å²) in [4.78, 5) is 4.37. The van der Waals surface area contributed by atoms with Gasteiger partial charge in [-0.1, -0.05) is 30.3 Å². The van der Waals surface area contributed by atoms with Gasteiger partial charge in [0.05, 0.1) is 23.9 Å². The molecule has 0 aliphatic carbocycles. The van der Waals surface area contributed by atoms with Crippen LogP contribution in [-0.2, 0) is 6.54 Å². The Morgan fingerprint density at radius 2 is 1.76 bits per heavy atom. The molecule has 0 bridgehead atoms. The summed E-state index contributed by atoms with van der Waals surface area (Å²) in [6.45, 7) is 0.757. The number of nitrogen functional groups attached to an aromatic ring is 1. The van der Waals surface area contributed by atoms with Crippen LogP contribution in [0.3, 0.4) is 0 Å². The molecule has 0 saturated heterocycles. The molecule has 0 aliphatic rings. The maximum atomic E-state index is 5.95. The van der Waals surface area contributed by atoms with E-state index >= 15 is 0 Å². The van der Waals surface area contributed by atoms with E-state index < -0.39 is 0 Å². The fourth-order valence-corrected chi connectivity index (χ4v) is 2.00. The number of hydrogen-bond donors (Lipinski definition) is 1. The Kier molecular flexibility index (Phi) is 2.29. The molecule has 84 valence electrons. The Morgan fingerprint density at radius 1 is 1.00 bits per heavy atom. The first-order valence-corrected chi connectivity index (χ1v) is 5.58. The number of fused-ring (bicyclic) bond motifs is 1. The summed E-state index contributed by atoms with van der Waals surface area (Å²) < 4.78 is 2.11. The summed E-state index contributed by atoms with van der Waals surface area (Å²) in [6.07, 6.45) is 1.86. The highest BCUT2D eigenvalue weighted by atomic mass is 15.0. The minimum absolute atomic E-state index is 0.757. The van der Waals surface area contributed by atoms with Crippen molar-refractivity contribution in [3.05, 3.63) is 60.4 Å². The molecule has 0 fully saturated rings. The van der Waals surface area contributed by atoms with Gasteiger partial charge >= 0.3 is 0 Å². The van der Waals surface area contributed by atoms with Crippen molar-refractivity contribution in [1.82, 2.24) is 9.55 Å². The quantitative estimate of drug-likeness (QED) is 0.679. The molecule has 0 amide bonds. The molecular formula is C14H13N3. The summed E-state index contributed by atoms with van der Waals surface area (Å²) in [7, 11) is 0. The second-order valence-electron chi connectivity index (χ2n) is 4.06. The zero-order valence-corrected chi connectivity index (χ0v) is 9.38. The number of imidazole rings is 1. The van der Waals surface area contributed by atoms with Gasteiger partial charge in [0.25, 0.3) is 0 Å². The summed E-state index contributed by atoms with van der Waals surface area (Å²) in [5.74, 6) is 0. The van der Waals surface area contributed by atoms with Crippen molar-refractivity contribution < 1.29 is 0 Å². The van der Waals surface area contributed by atoms with Crippen molar-refractivity contribution in [2.45, 2.75) is 6.54 Å². The second kappa shape index (κ2) is 3.94. The first kappa shape index (κ1) is 9.90. The van der Waals surface area contributed by atoms with Crippen molar-refractivity contribution in [1.29, 1.82) is 0 Å². The van der Waals surface area contributed by atoms with Crippen LogP contribution in [0.1, 0.15) is 5.56 Å². The SMILES string of the molecule is Nc1ccccc1Cn1cnc2ccccc21. The van der Waals surface area contributed by atoms with Gasteiger partial charge in [0.2, 0.25) is 0 Å². The van der Waals surface area contributed by atoms with Crippen LogP contribution >= 0.6 is 0 Å². The molecule has 17 heavy (non-hydrogen) atoms. The van der Waals surface area contributed by atoms with Crippen LogP contribution in [0, 0.1) is 0 Å². The lowest BCUT2D eigenvalue weighted by atomic mass is 10.2. The van der Waals surface area contributed by atoms with Gasteiger partial charge in [-0.3, -0.25) is 0 Å². The van der Waals surface area contributed by atoms with E-state index in [1.54, 1.807) is 0 Å². The molecule has 3 rings (SSSR count). The molecule has 2 aromatic carbocycles. The maximum Gasteiger partial charge on any atom is 0.0961 e. The molecule has 0 spiro atoms. The molecule has 0 unspecified atom stereocenters. The third-order valence-corrected chi connectivity index (χ3v) is 2.92. The van der Waals surface area contributed by atoms with Crippen LogP contribution < -0.4 is 5.73 Å². The van der Waals surface area contributed by atoms with Gasteiger partial charge in [-0.2, -0.15) is 0 Å². The lowest BCUT2D eigenvalue weighted by molar-refractivity contribution is 0.826. The van der Waals surface area contributed by atoms with E-state index in [-0.39, 0.29) is 0 Å². The molecule has 0 radical (unpaired) electrons. The largest absolute Gasteiger partial charge is 0.398 e. The van der Waals surface area contributed by atoms with Crippen molar-refractivity contribution >= 4 is 16.7 Å². The van der Waals surface area contributed by atoms with Gasteiger partial charge < -0.3 is 10.3 Å². The minimum atomic E-state index is 0.757. The molecule has 3 heteroatoms. The Morgan fingerprint density at radius 3 is 2.65 bits per heavy atom. The molecule has 0 saturated carbocycles. The molecule has 2 N–H and O–H groups in total. The summed E-state index contributed by atoms with van der Waals surface area (Å²) in [5, 5.41) is 0. The smallest absolute Gasteiger partial charge is 0.0961 e. The molecule has 3 nitrogen and oxygen atoms in total. The zero-order valence-electron chi connectivity index (χ0n) is 9.38. The van der Waals surface area contributed by atoms with E-state index in [4.69, 9.17) is 5.73 Å². The first-order chi connectivity index (χ1) is 8.34. The number of para-hydroxylation sites is 3. The highest BCUT2D eigenvalue weighted by molar-refractivity contribution is 5.75. The van der Waals surface area contributed by atoms with Gasteiger partial charge in [0.1, 0.15) is 0 Å². The number of hydrogen-bond acceptors (Lipinski definition) is 2. The zero-order chi connectivity index (χ0) is 11.7. The van der Waals surface area contributed by atoms with Crippen LogP contribution in [0.15, 0.2) is 54.9 Å². The van der Waals surface area contributed by atoms with Crippen LogP contribution in [0.5, 0.6) is 0 Å². The topological polar surface area (TPSA) is 43.8 Å². The summed E-state index contributed by atoms with van der Waals surface area (Å²) >= 11 is 0. The van der Waals surface area contributed by atoms with E-state index in [0.29, 0.717) is 0 Å². The highest BCUT2D eigenvalue weighted by Crippen LogP contribution is 2.17. The fourth-order valence-electron chi connectivity index (χ4n) is 2.00. The summed E-state index contributed by atoms with van der Waals surface area (Å²) in [5.41, 5.74) is 10.0. The predicted molar refractivity (Wildman–Crippen MR) is 69.7 cm³/mol. The van der Waals surface area contributed by atoms with Crippen LogP contribution in [0.4, 0.5) is 5.69 Å². The molecule has 3 aromatic rings. The van der Waals surface area contributed by atoms with Gasteiger partial charge in [0, 0.05) is 5.69 Å². The molecule has 0 aliphatic heterocycles.